The molecule has 154 valence electrons. The molecular formula is C22H34N4O2. The van der Waals surface area contributed by atoms with E-state index >= 15 is 0 Å². The van der Waals surface area contributed by atoms with Gasteiger partial charge in [-0.05, 0) is 58.0 Å². The Kier molecular flexibility index (Phi) is 8.08. The summed E-state index contributed by atoms with van der Waals surface area (Å²) >= 11 is 0. The molecule has 1 aromatic carbocycles. The standard InChI is InChI=1S/C22H34N4O2/c1-6-23-21(25-16-22(4,27)20-12-9-13-28-20)24-14-18-10-7-8-11-19(18)15-26(5)17(2)3/h7-13,17,27H,6,14-16H2,1-5H3,(H2,23,24,25). The van der Waals surface area contributed by atoms with Gasteiger partial charge in [0.2, 0.25) is 0 Å². The number of aliphatic imine (C=N–C) groups is 1. The number of guanidine groups is 1. The van der Waals surface area contributed by atoms with Crippen LogP contribution in [0.5, 0.6) is 0 Å². The van der Waals surface area contributed by atoms with Crippen LogP contribution >= 0.6 is 0 Å². The Morgan fingerprint density at radius 1 is 1.18 bits per heavy atom. The van der Waals surface area contributed by atoms with Gasteiger partial charge in [-0.1, -0.05) is 24.3 Å². The SMILES string of the molecule is CCNC(=NCc1ccccc1CN(C)C(C)C)NCC(C)(O)c1ccco1. The summed E-state index contributed by atoms with van der Waals surface area (Å²) in [6.07, 6.45) is 1.56. The van der Waals surface area contributed by atoms with E-state index in [1.54, 1.807) is 25.3 Å². The normalized spacial score (nSPS) is 14.4. The molecular weight excluding hydrogens is 352 g/mol. The van der Waals surface area contributed by atoms with E-state index in [1.807, 2.05) is 13.0 Å². The summed E-state index contributed by atoms with van der Waals surface area (Å²) in [4.78, 5) is 7.03. The van der Waals surface area contributed by atoms with Gasteiger partial charge in [-0.3, -0.25) is 4.90 Å². The lowest BCUT2D eigenvalue weighted by Gasteiger charge is -2.23. The van der Waals surface area contributed by atoms with Gasteiger partial charge in [0.25, 0.3) is 0 Å². The van der Waals surface area contributed by atoms with Gasteiger partial charge in [-0.25, -0.2) is 4.99 Å². The minimum atomic E-state index is -1.11. The lowest BCUT2D eigenvalue weighted by molar-refractivity contribution is 0.0386. The highest BCUT2D eigenvalue weighted by atomic mass is 16.4. The Bertz CT molecular complexity index is 739. The van der Waals surface area contributed by atoms with Gasteiger partial charge < -0.3 is 20.2 Å². The monoisotopic (exact) mass is 386 g/mol. The molecule has 0 bridgehead atoms. The van der Waals surface area contributed by atoms with E-state index in [-0.39, 0.29) is 0 Å². The van der Waals surface area contributed by atoms with E-state index in [2.05, 4.69) is 54.6 Å². The second kappa shape index (κ2) is 10.3. The Morgan fingerprint density at radius 2 is 1.89 bits per heavy atom. The summed E-state index contributed by atoms with van der Waals surface area (Å²) in [5.74, 6) is 1.19. The molecule has 3 N–H and O–H groups in total. The third-order valence-electron chi connectivity index (χ3n) is 4.82. The van der Waals surface area contributed by atoms with Gasteiger partial charge in [-0.15, -0.1) is 0 Å². The fraction of sp³-hybridized carbons (Fsp3) is 0.500. The van der Waals surface area contributed by atoms with Crippen molar-refractivity contribution >= 4 is 5.96 Å². The number of aliphatic hydroxyl groups is 1. The molecule has 1 aromatic heterocycles. The van der Waals surface area contributed by atoms with Crippen LogP contribution in [0.4, 0.5) is 0 Å². The van der Waals surface area contributed by atoms with E-state index < -0.39 is 5.60 Å². The Hall–Kier alpha value is -2.31. The predicted molar refractivity (Wildman–Crippen MR) is 114 cm³/mol. The minimum Gasteiger partial charge on any atom is -0.466 e. The van der Waals surface area contributed by atoms with Crippen LogP contribution in [0.15, 0.2) is 52.1 Å². The molecule has 1 atom stereocenters. The molecule has 1 heterocycles. The van der Waals surface area contributed by atoms with Gasteiger partial charge in [0, 0.05) is 19.1 Å². The van der Waals surface area contributed by atoms with Crippen LogP contribution in [0.25, 0.3) is 0 Å². The van der Waals surface area contributed by atoms with E-state index in [0.29, 0.717) is 30.9 Å². The van der Waals surface area contributed by atoms with Crippen molar-refractivity contribution in [3.8, 4) is 0 Å². The maximum atomic E-state index is 10.6. The highest BCUT2D eigenvalue weighted by molar-refractivity contribution is 5.79. The van der Waals surface area contributed by atoms with Gasteiger partial charge in [0.05, 0.1) is 19.4 Å². The fourth-order valence-electron chi connectivity index (χ4n) is 2.75. The molecule has 2 rings (SSSR count). The molecule has 0 amide bonds. The highest BCUT2D eigenvalue weighted by Crippen LogP contribution is 2.19. The van der Waals surface area contributed by atoms with Crippen LogP contribution in [-0.2, 0) is 18.7 Å². The molecule has 0 fully saturated rings. The number of hydrogen-bond donors (Lipinski definition) is 3. The average Bonchev–Trinajstić information content (AvgIpc) is 3.20. The average molecular weight is 387 g/mol. The van der Waals surface area contributed by atoms with E-state index in [9.17, 15) is 5.11 Å². The zero-order chi connectivity index (χ0) is 20.6. The van der Waals surface area contributed by atoms with E-state index in [1.165, 1.54) is 11.1 Å². The number of nitrogens with zero attached hydrogens (tertiary/aromatic N) is 2. The van der Waals surface area contributed by atoms with Gasteiger partial charge in [0.1, 0.15) is 11.4 Å². The fourth-order valence-corrected chi connectivity index (χ4v) is 2.75. The largest absolute Gasteiger partial charge is 0.466 e. The number of benzene rings is 1. The van der Waals surface area contributed by atoms with Crippen LogP contribution in [-0.4, -0.2) is 42.1 Å². The van der Waals surface area contributed by atoms with Crippen LogP contribution in [0.2, 0.25) is 0 Å². The highest BCUT2D eigenvalue weighted by Gasteiger charge is 2.26. The maximum Gasteiger partial charge on any atom is 0.191 e. The first kappa shape index (κ1) is 22.0. The summed E-state index contributed by atoms with van der Waals surface area (Å²) in [6.45, 7) is 10.6. The lowest BCUT2D eigenvalue weighted by atomic mass is 10.0. The molecule has 6 nitrogen and oxygen atoms in total. The van der Waals surface area contributed by atoms with Gasteiger partial charge >= 0.3 is 0 Å². The van der Waals surface area contributed by atoms with Gasteiger partial charge in [0.15, 0.2) is 5.96 Å². The molecule has 0 spiro atoms. The quantitative estimate of drug-likeness (QED) is 0.456. The molecule has 0 aliphatic rings. The van der Waals surface area contributed by atoms with Crippen LogP contribution in [0.3, 0.4) is 0 Å². The minimum absolute atomic E-state index is 0.296. The Balaban J connectivity index is 2.06. The Labute approximate surface area is 168 Å². The summed E-state index contributed by atoms with van der Waals surface area (Å²) in [5.41, 5.74) is 1.36. The third-order valence-corrected chi connectivity index (χ3v) is 4.82. The topological polar surface area (TPSA) is 73.0 Å². The second-order valence-electron chi connectivity index (χ2n) is 7.58. The lowest BCUT2D eigenvalue weighted by Crippen LogP contribution is -2.44. The predicted octanol–water partition coefficient (Wildman–Crippen LogP) is 3.08. The van der Waals surface area contributed by atoms with Crippen molar-refractivity contribution in [1.29, 1.82) is 0 Å². The van der Waals surface area contributed by atoms with Crippen molar-refractivity contribution in [2.75, 3.05) is 20.1 Å². The summed E-state index contributed by atoms with van der Waals surface area (Å²) in [6, 6.07) is 12.4. The smallest absolute Gasteiger partial charge is 0.191 e. The van der Waals surface area contributed by atoms with Crippen molar-refractivity contribution in [3.63, 3.8) is 0 Å². The molecule has 0 aliphatic carbocycles. The van der Waals surface area contributed by atoms with E-state index in [4.69, 9.17) is 9.41 Å². The van der Waals surface area contributed by atoms with Crippen molar-refractivity contribution in [3.05, 3.63) is 59.5 Å². The zero-order valence-electron chi connectivity index (χ0n) is 17.7. The maximum absolute atomic E-state index is 10.6. The molecule has 28 heavy (non-hydrogen) atoms. The van der Waals surface area contributed by atoms with Crippen molar-refractivity contribution in [2.45, 2.75) is 52.4 Å². The van der Waals surface area contributed by atoms with Crippen LogP contribution in [0.1, 0.15) is 44.6 Å². The van der Waals surface area contributed by atoms with Crippen LogP contribution in [0, 0.1) is 0 Å². The molecule has 6 heteroatoms. The first-order chi connectivity index (χ1) is 13.3. The summed E-state index contributed by atoms with van der Waals surface area (Å²) in [7, 11) is 2.13. The first-order valence-electron chi connectivity index (χ1n) is 9.89. The molecule has 0 saturated carbocycles. The zero-order valence-corrected chi connectivity index (χ0v) is 17.7. The van der Waals surface area contributed by atoms with Crippen molar-refractivity contribution < 1.29 is 9.52 Å². The molecule has 0 aliphatic heterocycles. The van der Waals surface area contributed by atoms with Crippen LogP contribution < -0.4 is 10.6 Å². The third kappa shape index (κ3) is 6.39. The Morgan fingerprint density at radius 3 is 2.50 bits per heavy atom. The molecule has 0 radical (unpaired) electrons. The van der Waals surface area contributed by atoms with Crippen molar-refractivity contribution in [1.82, 2.24) is 15.5 Å². The number of furan rings is 1. The van der Waals surface area contributed by atoms with Crippen molar-refractivity contribution in [2.24, 2.45) is 4.99 Å². The number of rotatable bonds is 9. The molecule has 2 aromatic rings. The van der Waals surface area contributed by atoms with Gasteiger partial charge in [-0.2, -0.15) is 0 Å². The molecule has 1 unspecified atom stereocenters. The second-order valence-corrected chi connectivity index (χ2v) is 7.58. The number of hydrogen-bond acceptors (Lipinski definition) is 4. The van der Waals surface area contributed by atoms with E-state index in [0.717, 1.165) is 13.1 Å². The number of nitrogens with one attached hydrogen (secondary N) is 2. The first-order valence-corrected chi connectivity index (χ1v) is 9.89. The summed E-state index contributed by atoms with van der Waals surface area (Å²) in [5, 5.41) is 17.1. The molecule has 0 saturated heterocycles. The summed E-state index contributed by atoms with van der Waals surface area (Å²) < 4.78 is 5.34.